The molecule has 1 aromatic carbocycles. The van der Waals surface area contributed by atoms with Crippen LogP contribution in [0.15, 0.2) is 48.9 Å². The molecule has 5 nitrogen and oxygen atoms in total. The van der Waals surface area contributed by atoms with Crippen molar-refractivity contribution in [3.63, 3.8) is 0 Å². The predicted molar refractivity (Wildman–Crippen MR) is 103 cm³/mol. The van der Waals surface area contributed by atoms with E-state index in [9.17, 15) is 4.79 Å². The lowest BCUT2D eigenvalue weighted by Crippen LogP contribution is -2.23. The second-order valence-electron chi connectivity index (χ2n) is 5.86. The molecule has 1 amide bonds. The van der Waals surface area contributed by atoms with Crippen molar-refractivity contribution < 1.29 is 4.79 Å². The molecular weight excluding hydrogens is 371 g/mol. The molecule has 0 aliphatic heterocycles. The summed E-state index contributed by atoms with van der Waals surface area (Å²) in [7, 11) is 0. The second kappa shape index (κ2) is 8.34. The van der Waals surface area contributed by atoms with Gasteiger partial charge in [-0.05, 0) is 42.7 Å². The normalized spacial score (nSPS) is 10.7. The molecule has 0 saturated heterocycles. The van der Waals surface area contributed by atoms with E-state index in [0.717, 1.165) is 22.8 Å². The number of amides is 1. The zero-order chi connectivity index (χ0) is 18.5. The summed E-state index contributed by atoms with van der Waals surface area (Å²) in [6.45, 7) is 2.35. The van der Waals surface area contributed by atoms with Crippen LogP contribution in [-0.4, -0.2) is 20.4 Å². The van der Waals surface area contributed by atoms with Crippen LogP contribution in [0, 0.1) is 6.92 Å². The fourth-order valence-electron chi connectivity index (χ4n) is 2.60. The van der Waals surface area contributed by atoms with E-state index in [1.54, 1.807) is 18.5 Å². The van der Waals surface area contributed by atoms with Gasteiger partial charge < -0.3 is 5.32 Å². The number of aromatic nitrogens is 3. The average molecular weight is 389 g/mol. The van der Waals surface area contributed by atoms with E-state index in [1.807, 2.05) is 42.0 Å². The van der Waals surface area contributed by atoms with Crippen molar-refractivity contribution in [2.75, 3.05) is 0 Å². The zero-order valence-electron chi connectivity index (χ0n) is 14.2. The Morgan fingerprint density at radius 1 is 1.19 bits per heavy atom. The van der Waals surface area contributed by atoms with Crippen LogP contribution in [0.3, 0.4) is 0 Å². The second-order valence-corrected chi connectivity index (χ2v) is 6.64. The van der Waals surface area contributed by atoms with Gasteiger partial charge in [-0.15, -0.1) is 0 Å². The Kier molecular flexibility index (Phi) is 5.91. The van der Waals surface area contributed by atoms with Crippen molar-refractivity contribution in [1.82, 2.24) is 19.9 Å². The topological polar surface area (TPSA) is 59.8 Å². The fourth-order valence-corrected chi connectivity index (χ4v) is 3.02. The van der Waals surface area contributed by atoms with Crippen molar-refractivity contribution in [3.05, 3.63) is 75.9 Å². The maximum Gasteiger partial charge on any atom is 0.220 e. The Bertz CT molecular complexity index is 923. The summed E-state index contributed by atoms with van der Waals surface area (Å²) in [4.78, 5) is 20.7. The minimum absolute atomic E-state index is 0.0433. The summed E-state index contributed by atoms with van der Waals surface area (Å²) in [5, 5.41) is 3.94. The zero-order valence-corrected chi connectivity index (χ0v) is 15.8. The van der Waals surface area contributed by atoms with Crippen LogP contribution in [0.25, 0.3) is 5.82 Å². The number of nitrogens with zero attached hydrogens (tertiary/aromatic N) is 3. The van der Waals surface area contributed by atoms with Crippen molar-refractivity contribution >= 4 is 29.1 Å². The van der Waals surface area contributed by atoms with Gasteiger partial charge in [0.05, 0.1) is 10.0 Å². The van der Waals surface area contributed by atoms with Gasteiger partial charge in [0.2, 0.25) is 5.91 Å². The molecule has 3 aromatic rings. The lowest BCUT2D eigenvalue weighted by atomic mass is 10.1. The number of rotatable bonds is 6. The highest BCUT2D eigenvalue weighted by Crippen LogP contribution is 2.26. The third-order valence-corrected chi connectivity index (χ3v) is 4.88. The molecule has 134 valence electrons. The van der Waals surface area contributed by atoms with Crippen LogP contribution >= 0.6 is 23.2 Å². The molecule has 1 N–H and O–H groups in total. The van der Waals surface area contributed by atoms with E-state index in [2.05, 4.69) is 15.3 Å². The first-order chi connectivity index (χ1) is 12.5. The lowest BCUT2D eigenvalue weighted by molar-refractivity contribution is -0.121. The number of pyridine rings is 1. The highest BCUT2D eigenvalue weighted by atomic mass is 35.5. The Balaban J connectivity index is 1.56. The number of hydrogen-bond acceptors (Lipinski definition) is 3. The number of benzene rings is 1. The molecule has 0 spiro atoms. The third-order valence-electron chi connectivity index (χ3n) is 4.03. The maximum absolute atomic E-state index is 12.1. The van der Waals surface area contributed by atoms with Crippen molar-refractivity contribution in [3.8, 4) is 5.82 Å². The standard InChI is InChI=1S/C19H18Cl2N4O/c1-13-22-9-10-25(13)17-11-14(7-8-23-17)12-24-18(26)6-5-15-3-2-4-16(20)19(15)21/h2-4,7-11H,5-6,12H2,1H3,(H,24,26). The summed E-state index contributed by atoms with van der Waals surface area (Å²) >= 11 is 12.1. The van der Waals surface area contributed by atoms with E-state index in [-0.39, 0.29) is 5.91 Å². The molecule has 0 unspecified atom stereocenters. The molecule has 7 heteroatoms. The number of carbonyl (C=O) groups is 1. The first kappa shape index (κ1) is 18.4. The number of imidazole rings is 1. The molecule has 2 aromatic heterocycles. The molecule has 0 saturated carbocycles. The number of halogens is 2. The number of nitrogens with one attached hydrogen (secondary N) is 1. The minimum atomic E-state index is -0.0433. The van der Waals surface area contributed by atoms with Gasteiger partial charge in [-0.25, -0.2) is 9.97 Å². The minimum Gasteiger partial charge on any atom is -0.352 e. The largest absolute Gasteiger partial charge is 0.352 e. The summed E-state index contributed by atoms with van der Waals surface area (Å²) in [6.07, 6.45) is 6.20. The van der Waals surface area contributed by atoms with Gasteiger partial charge >= 0.3 is 0 Å². The molecule has 0 fully saturated rings. The molecule has 0 bridgehead atoms. The SMILES string of the molecule is Cc1nccn1-c1cc(CNC(=O)CCc2cccc(Cl)c2Cl)ccn1. The number of carbonyl (C=O) groups excluding carboxylic acids is 1. The van der Waals surface area contributed by atoms with Crippen LogP contribution in [0.2, 0.25) is 10.0 Å². The van der Waals surface area contributed by atoms with Crippen LogP contribution < -0.4 is 5.32 Å². The van der Waals surface area contributed by atoms with Crippen molar-refractivity contribution in [2.24, 2.45) is 0 Å². The molecule has 2 heterocycles. The summed E-state index contributed by atoms with van der Waals surface area (Å²) in [5.74, 6) is 1.59. The first-order valence-corrected chi connectivity index (χ1v) is 8.95. The van der Waals surface area contributed by atoms with Crippen LogP contribution in [-0.2, 0) is 17.8 Å². The number of aryl methyl sites for hydroxylation is 2. The van der Waals surface area contributed by atoms with E-state index in [1.165, 1.54) is 0 Å². The van der Waals surface area contributed by atoms with Gasteiger partial charge in [0.25, 0.3) is 0 Å². The number of hydrogen-bond donors (Lipinski definition) is 1. The van der Waals surface area contributed by atoms with Crippen molar-refractivity contribution in [1.29, 1.82) is 0 Å². The smallest absolute Gasteiger partial charge is 0.220 e. The maximum atomic E-state index is 12.1. The molecule has 0 aliphatic rings. The predicted octanol–water partition coefficient (Wildman–Crippen LogP) is 4.13. The van der Waals surface area contributed by atoms with Gasteiger partial charge in [0, 0.05) is 31.6 Å². The van der Waals surface area contributed by atoms with Gasteiger partial charge in [-0.3, -0.25) is 9.36 Å². The van der Waals surface area contributed by atoms with Crippen LogP contribution in [0.1, 0.15) is 23.4 Å². The third kappa shape index (κ3) is 4.42. The summed E-state index contributed by atoms with van der Waals surface area (Å²) in [6, 6.07) is 9.26. The van der Waals surface area contributed by atoms with E-state index >= 15 is 0 Å². The quantitative estimate of drug-likeness (QED) is 0.690. The molecule has 0 aliphatic carbocycles. The Labute approximate surface area is 162 Å². The van der Waals surface area contributed by atoms with E-state index in [4.69, 9.17) is 23.2 Å². The monoisotopic (exact) mass is 388 g/mol. The molecule has 0 atom stereocenters. The Hall–Kier alpha value is -2.37. The first-order valence-electron chi connectivity index (χ1n) is 8.19. The van der Waals surface area contributed by atoms with Crippen LogP contribution in [0.4, 0.5) is 0 Å². The van der Waals surface area contributed by atoms with Gasteiger partial charge in [0.15, 0.2) is 0 Å². The average Bonchev–Trinajstić information content (AvgIpc) is 3.07. The van der Waals surface area contributed by atoms with E-state index < -0.39 is 0 Å². The van der Waals surface area contributed by atoms with Gasteiger partial charge in [-0.2, -0.15) is 0 Å². The Morgan fingerprint density at radius 3 is 2.81 bits per heavy atom. The van der Waals surface area contributed by atoms with Crippen LogP contribution in [0.5, 0.6) is 0 Å². The van der Waals surface area contributed by atoms with Gasteiger partial charge in [-0.1, -0.05) is 35.3 Å². The van der Waals surface area contributed by atoms with E-state index in [0.29, 0.717) is 29.4 Å². The molecular formula is C19H18Cl2N4O. The summed E-state index contributed by atoms with van der Waals surface area (Å²) in [5.41, 5.74) is 1.84. The highest BCUT2D eigenvalue weighted by Gasteiger charge is 2.08. The Morgan fingerprint density at radius 2 is 2.04 bits per heavy atom. The highest BCUT2D eigenvalue weighted by molar-refractivity contribution is 6.42. The van der Waals surface area contributed by atoms with Gasteiger partial charge in [0.1, 0.15) is 11.6 Å². The fraction of sp³-hybridized carbons (Fsp3) is 0.211. The summed E-state index contributed by atoms with van der Waals surface area (Å²) < 4.78 is 1.90. The lowest BCUT2D eigenvalue weighted by Gasteiger charge is -2.09. The van der Waals surface area contributed by atoms with Crippen molar-refractivity contribution in [2.45, 2.75) is 26.3 Å². The molecule has 26 heavy (non-hydrogen) atoms. The molecule has 3 rings (SSSR count). The molecule has 0 radical (unpaired) electrons.